The summed E-state index contributed by atoms with van der Waals surface area (Å²) >= 11 is 0. The van der Waals surface area contributed by atoms with Crippen LogP contribution in [0.25, 0.3) is 0 Å². The van der Waals surface area contributed by atoms with Crippen LogP contribution in [0, 0.1) is 11.8 Å². The maximum atomic E-state index is 12.0. The molecule has 0 radical (unpaired) electrons. The number of Topliss-reactive ketones (excluding diaryl/α,β-unsaturated/α-hetero) is 2. The van der Waals surface area contributed by atoms with E-state index in [1.807, 2.05) is 0 Å². The number of hydrogen-bond acceptors (Lipinski definition) is 5. The Bertz CT molecular complexity index is 404. The molecule has 0 bridgehead atoms. The van der Waals surface area contributed by atoms with Gasteiger partial charge in [0.2, 0.25) is 0 Å². The third kappa shape index (κ3) is 6.81. The minimum atomic E-state index is -0.682. The molecule has 5 nitrogen and oxygen atoms in total. The van der Waals surface area contributed by atoms with E-state index in [9.17, 15) is 19.5 Å². The van der Waals surface area contributed by atoms with Gasteiger partial charge in [-0.05, 0) is 32.1 Å². The number of rotatable bonds is 11. The Kier molecular flexibility index (Phi) is 9.07. The van der Waals surface area contributed by atoms with Crippen LogP contribution in [-0.2, 0) is 19.1 Å². The summed E-state index contributed by atoms with van der Waals surface area (Å²) in [5.41, 5.74) is 0. The lowest BCUT2D eigenvalue weighted by Crippen LogP contribution is -2.22. The SMILES string of the molecule is CCCCCC(=O)CC[C@H]1[C@H](O)CC(=O)[C@@H]1CCC(=O)OCC. The smallest absolute Gasteiger partial charge is 0.305 e. The summed E-state index contributed by atoms with van der Waals surface area (Å²) in [4.78, 5) is 35.4. The lowest BCUT2D eigenvalue weighted by Gasteiger charge is -2.20. The molecule has 1 aliphatic carbocycles. The Labute approximate surface area is 138 Å². The van der Waals surface area contributed by atoms with Gasteiger partial charge in [-0.15, -0.1) is 0 Å². The summed E-state index contributed by atoms with van der Waals surface area (Å²) < 4.78 is 4.89. The van der Waals surface area contributed by atoms with Gasteiger partial charge in [0.05, 0.1) is 12.7 Å². The monoisotopic (exact) mass is 326 g/mol. The molecule has 3 atom stereocenters. The van der Waals surface area contributed by atoms with Gasteiger partial charge in [-0.1, -0.05) is 19.8 Å². The molecule has 1 saturated carbocycles. The van der Waals surface area contributed by atoms with Gasteiger partial charge in [-0.3, -0.25) is 14.4 Å². The van der Waals surface area contributed by atoms with Crippen molar-refractivity contribution in [2.45, 2.75) is 77.7 Å². The second kappa shape index (κ2) is 10.5. The predicted molar refractivity (Wildman–Crippen MR) is 86.9 cm³/mol. The molecule has 0 aromatic rings. The van der Waals surface area contributed by atoms with Crippen LogP contribution >= 0.6 is 0 Å². The number of ether oxygens (including phenoxy) is 1. The van der Waals surface area contributed by atoms with Gasteiger partial charge >= 0.3 is 5.97 Å². The number of carbonyl (C=O) groups is 3. The number of ketones is 2. The molecule has 5 heteroatoms. The molecule has 0 aliphatic heterocycles. The fourth-order valence-electron chi connectivity index (χ4n) is 3.32. The maximum Gasteiger partial charge on any atom is 0.305 e. The highest BCUT2D eigenvalue weighted by Gasteiger charge is 2.41. The molecule has 0 saturated heterocycles. The third-order valence-corrected chi connectivity index (χ3v) is 4.62. The Morgan fingerprint density at radius 1 is 1.13 bits per heavy atom. The van der Waals surface area contributed by atoms with Crippen LogP contribution in [-0.4, -0.2) is 35.4 Å². The van der Waals surface area contributed by atoms with Gasteiger partial charge in [0.15, 0.2) is 0 Å². The van der Waals surface area contributed by atoms with Crippen LogP contribution in [0.4, 0.5) is 0 Å². The third-order valence-electron chi connectivity index (χ3n) is 4.62. The molecule has 1 N–H and O–H groups in total. The van der Waals surface area contributed by atoms with Crippen molar-refractivity contribution in [1.29, 1.82) is 0 Å². The minimum absolute atomic E-state index is 0.00484. The van der Waals surface area contributed by atoms with Crippen LogP contribution in [0.15, 0.2) is 0 Å². The largest absolute Gasteiger partial charge is 0.466 e. The minimum Gasteiger partial charge on any atom is -0.466 e. The first-order valence-corrected chi connectivity index (χ1v) is 8.87. The molecule has 0 aromatic carbocycles. The standard InChI is InChI=1S/C18H30O5/c1-3-5-6-7-13(19)8-9-14-15(17(21)12-16(14)20)10-11-18(22)23-4-2/h14-16,20H,3-12H2,1-2H3/t14-,15-,16-/m1/s1. The van der Waals surface area contributed by atoms with Crippen molar-refractivity contribution in [2.75, 3.05) is 6.61 Å². The number of aliphatic hydroxyl groups excluding tert-OH is 1. The van der Waals surface area contributed by atoms with Crippen LogP contribution in [0.1, 0.15) is 71.6 Å². The summed E-state index contributed by atoms with van der Waals surface area (Å²) in [6.07, 6.45) is 4.63. The number of esters is 1. The fraction of sp³-hybridized carbons (Fsp3) is 0.833. The molecule has 0 spiro atoms. The molecule has 1 rings (SSSR count). The van der Waals surface area contributed by atoms with E-state index < -0.39 is 6.10 Å². The van der Waals surface area contributed by atoms with E-state index in [1.165, 1.54) is 0 Å². The summed E-state index contributed by atoms with van der Waals surface area (Å²) in [7, 11) is 0. The Balaban J connectivity index is 2.44. The van der Waals surface area contributed by atoms with Gasteiger partial charge in [0.1, 0.15) is 11.6 Å². The van der Waals surface area contributed by atoms with Crippen LogP contribution in [0.3, 0.4) is 0 Å². The van der Waals surface area contributed by atoms with E-state index in [4.69, 9.17) is 4.74 Å². The lowest BCUT2D eigenvalue weighted by atomic mass is 9.85. The quantitative estimate of drug-likeness (QED) is 0.466. The van der Waals surface area contributed by atoms with Crippen molar-refractivity contribution in [2.24, 2.45) is 11.8 Å². The molecule has 0 heterocycles. The zero-order chi connectivity index (χ0) is 17.2. The molecule has 0 amide bonds. The van der Waals surface area contributed by atoms with Crippen molar-refractivity contribution in [3.8, 4) is 0 Å². The summed E-state index contributed by atoms with van der Waals surface area (Å²) in [5.74, 6) is -0.625. The molecule has 23 heavy (non-hydrogen) atoms. The predicted octanol–water partition coefficient (Wildman–Crippen LogP) is 2.83. The first-order valence-electron chi connectivity index (χ1n) is 8.87. The summed E-state index contributed by atoms with van der Waals surface area (Å²) in [6.45, 7) is 4.17. The van der Waals surface area contributed by atoms with Crippen molar-refractivity contribution in [1.82, 2.24) is 0 Å². The van der Waals surface area contributed by atoms with Crippen LogP contribution in [0.5, 0.6) is 0 Å². The van der Waals surface area contributed by atoms with Gasteiger partial charge in [0, 0.05) is 31.6 Å². The molecule has 1 aliphatic rings. The molecular weight excluding hydrogens is 296 g/mol. The first kappa shape index (κ1) is 19.8. The Hall–Kier alpha value is -1.23. The molecular formula is C18H30O5. The molecule has 132 valence electrons. The van der Waals surface area contributed by atoms with Crippen molar-refractivity contribution >= 4 is 17.5 Å². The first-order chi connectivity index (χ1) is 11.0. The van der Waals surface area contributed by atoms with Gasteiger partial charge in [-0.2, -0.15) is 0 Å². The van der Waals surface area contributed by atoms with E-state index in [-0.39, 0.29) is 42.2 Å². The Morgan fingerprint density at radius 3 is 2.52 bits per heavy atom. The average molecular weight is 326 g/mol. The number of aliphatic hydroxyl groups is 1. The van der Waals surface area contributed by atoms with E-state index in [0.717, 1.165) is 19.3 Å². The highest BCUT2D eigenvalue weighted by Crippen LogP contribution is 2.36. The van der Waals surface area contributed by atoms with Gasteiger partial charge < -0.3 is 9.84 Å². The fourth-order valence-corrected chi connectivity index (χ4v) is 3.32. The van der Waals surface area contributed by atoms with Gasteiger partial charge in [0.25, 0.3) is 0 Å². The Morgan fingerprint density at radius 2 is 1.87 bits per heavy atom. The number of unbranched alkanes of at least 4 members (excludes halogenated alkanes) is 2. The van der Waals surface area contributed by atoms with E-state index in [2.05, 4.69) is 6.92 Å². The van der Waals surface area contributed by atoms with Gasteiger partial charge in [-0.25, -0.2) is 0 Å². The molecule has 0 unspecified atom stereocenters. The van der Waals surface area contributed by atoms with E-state index in [1.54, 1.807) is 6.92 Å². The average Bonchev–Trinajstić information content (AvgIpc) is 2.77. The van der Waals surface area contributed by atoms with Crippen molar-refractivity contribution < 1.29 is 24.2 Å². The van der Waals surface area contributed by atoms with Crippen LogP contribution < -0.4 is 0 Å². The zero-order valence-corrected chi connectivity index (χ0v) is 14.4. The topological polar surface area (TPSA) is 80.7 Å². The zero-order valence-electron chi connectivity index (χ0n) is 14.4. The normalized spacial score (nSPS) is 24.0. The van der Waals surface area contributed by atoms with Crippen LogP contribution in [0.2, 0.25) is 0 Å². The van der Waals surface area contributed by atoms with Crippen molar-refractivity contribution in [3.63, 3.8) is 0 Å². The lowest BCUT2D eigenvalue weighted by molar-refractivity contribution is -0.143. The highest BCUT2D eigenvalue weighted by molar-refractivity contribution is 5.85. The van der Waals surface area contributed by atoms with E-state index in [0.29, 0.717) is 32.3 Å². The number of hydrogen-bond donors (Lipinski definition) is 1. The van der Waals surface area contributed by atoms with Crippen molar-refractivity contribution in [3.05, 3.63) is 0 Å². The summed E-state index contributed by atoms with van der Waals surface area (Å²) in [6, 6.07) is 0. The second-order valence-electron chi connectivity index (χ2n) is 6.39. The second-order valence-corrected chi connectivity index (χ2v) is 6.39. The molecule has 0 aromatic heterocycles. The molecule has 1 fully saturated rings. The maximum absolute atomic E-state index is 12.0. The number of carbonyl (C=O) groups excluding carboxylic acids is 3. The van der Waals surface area contributed by atoms with E-state index >= 15 is 0 Å². The highest BCUT2D eigenvalue weighted by atomic mass is 16.5. The summed E-state index contributed by atoms with van der Waals surface area (Å²) in [5, 5.41) is 10.1.